The van der Waals surface area contributed by atoms with Crippen LogP contribution in [0.15, 0.2) is 0 Å². The summed E-state index contributed by atoms with van der Waals surface area (Å²) in [7, 11) is 0. The van der Waals surface area contributed by atoms with Gasteiger partial charge in [0.25, 0.3) is 0 Å². The zero-order valence-corrected chi connectivity index (χ0v) is 29.1. The zero-order valence-electron chi connectivity index (χ0n) is 29.1. The first-order chi connectivity index (χ1) is 25.2. The molecule has 53 heavy (non-hydrogen) atoms. The molecule has 6 unspecified atom stereocenters. The maximum absolute atomic E-state index is 11.1. The van der Waals surface area contributed by atoms with Gasteiger partial charge in [-0.1, -0.05) is 0 Å². The highest BCUT2D eigenvalue weighted by atomic mass is 16.7. The van der Waals surface area contributed by atoms with Gasteiger partial charge in [-0.3, -0.25) is 0 Å². The minimum Gasteiger partial charge on any atom is -0.427 e. The van der Waals surface area contributed by atoms with Gasteiger partial charge in [0.1, 0.15) is 79.4 Å². The number of aliphatic hydroxyl groups is 15. The average molecular weight is 774 g/mol. The third-order valence-corrected chi connectivity index (χ3v) is 11.9. The molecule has 0 amide bonds. The maximum Gasteiger partial charge on any atom is 0.187 e. The summed E-state index contributed by atoms with van der Waals surface area (Å²) in [4.78, 5) is 0. The van der Waals surface area contributed by atoms with Gasteiger partial charge in [-0.25, -0.2) is 0 Å². The lowest BCUT2D eigenvalue weighted by molar-refractivity contribution is -0.370. The molecule has 4 aliphatic heterocycles. The van der Waals surface area contributed by atoms with E-state index >= 15 is 0 Å². The predicted molar refractivity (Wildman–Crippen MR) is 171 cm³/mol. The second-order valence-electron chi connectivity index (χ2n) is 15.4. The van der Waals surface area contributed by atoms with Crippen molar-refractivity contribution in [2.24, 2.45) is 11.8 Å². The van der Waals surface area contributed by atoms with Gasteiger partial charge in [0.05, 0.1) is 44.1 Å². The molecular weight excluding hydrogens is 716 g/mol. The Labute approximate surface area is 305 Å². The molecule has 4 saturated heterocycles. The van der Waals surface area contributed by atoms with E-state index < -0.39 is 154 Å². The van der Waals surface area contributed by atoms with Crippen LogP contribution in [0.25, 0.3) is 0 Å². The van der Waals surface area contributed by atoms with Gasteiger partial charge in [-0.2, -0.15) is 0 Å². The number of aliphatic hydroxyl groups excluding tert-OH is 13. The lowest BCUT2D eigenvalue weighted by Gasteiger charge is -2.50. The van der Waals surface area contributed by atoms with Gasteiger partial charge < -0.3 is 99.5 Å². The first kappa shape index (κ1) is 41.8. The quantitative estimate of drug-likeness (QED) is 0.0918. The van der Waals surface area contributed by atoms with E-state index in [9.17, 15) is 66.4 Å². The van der Waals surface area contributed by atoms with Crippen LogP contribution in [0, 0.1) is 11.8 Å². The van der Waals surface area contributed by atoms with Crippen molar-refractivity contribution in [3.05, 3.63) is 0 Å². The molecule has 6 fully saturated rings. The fraction of sp³-hybridized carbons (Fsp3) is 1.00. The predicted octanol–water partition coefficient (Wildman–Crippen LogP) is -6.83. The van der Waals surface area contributed by atoms with E-state index in [1.807, 2.05) is 0 Å². The molecule has 20 heteroatoms. The highest BCUT2D eigenvalue weighted by Crippen LogP contribution is 2.44. The molecule has 308 valence electrons. The van der Waals surface area contributed by atoms with E-state index in [0.717, 1.165) is 0 Å². The van der Waals surface area contributed by atoms with Gasteiger partial charge in [-0.15, -0.1) is 0 Å². The van der Waals surface area contributed by atoms with Crippen molar-refractivity contribution < 1.29 is 99.5 Å². The molecule has 6 aliphatic rings. The van der Waals surface area contributed by atoms with E-state index in [-0.39, 0.29) is 25.2 Å². The summed E-state index contributed by atoms with van der Waals surface area (Å²) in [6.45, 7) is -1.91. The second kappa shape index (κ2) is 17.8. The van der Waals surface area contributed by atoms with Crippen LogP contribution in [-0.4, -0.2) is 220 Å². The monoisotopic (exact) mass is 773 g/mol. The summed E-state index contributed by atoms with van der Waals surface area (Å²) >= 11 is 0. The van der Waals surface area contributed by atoms with Gasteiger partial charge in [0.2, 0.25) is 0 Å². The third-order valence-electron chi connectivity index (χ3n) is 11.9. The van der Waals surface area contributed by atoms with E-state index in [0.29, 0.717) is 25.7 Å². The molecule has 0 radical (unpaired) electrons. The molecule has 0 aromatic heterocycles. The van der Waals surface area contributed by atoms with Crippen LogP contribution >= 0.6 is 0 Å². The smallest absolute Gasteiger partial charge is 0.187 e. The Kier molecular flexibility index (Phi) is 14.0. The van der Waals surface area contributed by atoms with Crippen molar-refractivity contribution in [3.8, 4) is 0 Å². The van der Waals surface area contributed by atoms with Crippen molar-refractivity contribution >= 4 is 0 Å². The van der Waals surface area contributed by atoms with E-state index in [2.05, 4.69) is 0 Å². The first-order valence-electron chi connectivity index (χ1n) is 18.5. The molecule has 2 saturated carbocycles. The van der Waals surface area contributed by atoms with Crippen molar-refractivity contribution in [3.63, 3.8) is 0 Å². The second-order valence-corrected chi connectivity index (χ2v) is 15.4. The Hall–Kier alpha value is -0.800. The average Bonchev–Trinajstić information content (AvgIpc) is 3.14. The van der Waals surface area contributed by atoms with Crippen molar-refractivity contribution in [1.29, 1.82) is 0 Å². The standard InChI is InChI=1S/C33H56O20/c34-8-18-21(38)24(41)27(44)31(51-18)47-10-20-23(40)26(43)29(46)33(53-20)50-17-7-14-15(48-30(17)11-1-3-12(36)4-2-11)5-13(37)6-16(14)49-32-28(45)25(42)22(39)19(9-35)52-32/h11-46H,1-10H2/p+1/t11?,12?,13?,14?,15?,16?,17?,18-,19-,20-,21-,22-,23-,24+,25+,26+,27-,28-,29-,30?,31-,32-,33-/m0/s1. The van der Waals surface area contributed by atoms with Crippen LogP contribution in [0.1, 0.15) is 44.9 Å². The van der Waals surface area contributed by atoms with Crippen LogP contribution in [-0.2, 0) is 28.4 Å². The van der Waals surface area contributed by atoms with Crippen LogP contribution in [0.3, 0.4) is 0 Å². The zero-order chi connectivity index (χ0) is 38.3. The Bertz CT molecular complexity index is 1140. The molecule has 0 aromatic carbocycles. The molecular formula is C33H57O20+. The third kappa shape index (κ3) is 8.87. The fourth-order valence-electron chi connectivity index (χ4n) is 8.69. The molecule has 6 rings (SSSR count). The molecule has 0 bridgehead atoms. The van der Waals surface area contributed by atoms with Crippen LogP contribution in [0.5, 0.6) is 0 Å². The summed E-state index contributed by atoms with van der Waals surface area (Å²) < 4.78 is 40.1. The Morgan fingerprint density at radius 3 is 1.55 bits per heavy atom. The van der Waals surface area contributed by atoms with Crippen LogP contribution < -0.4 is 0 Å². The Morgan fingerprint density at radius 2 is 0.981 bits per heavy atom. The lowest BCUT2D eigenvalue weighted by Crippen LogP contribution is -2.64. The normalized spacial score (nSPS) is 53.9. The molecule has 14 N–H and O–H groups in total. The van der Waals surface area contributed by atoms with Crippen molar-refractivity contribution in [2.45, 2.75) is 174 Å². The number of rotatable bonds is 10. The van der Waals surface area contributed by atoms with Crippen LogP contribution in [0.4, 0.5) is 0 Å². The van der Waals surface area contributed by atoms with Crippen LogP contribution in [0.2, 0.25) is 0 Å². The first-order valence-corrected chi connectivity index (χ1v) is 18.5. The molecule has 21 atom stereocenters. The minimum atomic E-state index is -1.79. The molecule has 0 aromatic rings. The minimum absolute atomic E-state index is 0.0743. The molecule has 20 nitrogen and oxygen atoms in total. The fourth-order valence-corrected chi connectivity index (χ4v) is 8.69. The Morgan fingerprint density at radius 1 is 0.491 bits per heavy atom. The maximum atomic E-state index is 11.1. The topological polar surface area (TPSA) is 331 Å². The number of hydrogen-bond acceptors (Lipinski definition) is 19. The van der Waals surface area contributed by atoms with Gasteiger partial charge in [-0.05, 0) is 32.1 Å². The number of ether oxygens (including phenoxy) is 7. The van der Waals surface area contributed by atoms with Gasteiger partial charge in [0.15, 0.2) is 31.1 Å². The molecule has 4 heterocycles. The number of hydrogen-bond donors (Lipinski definition) is 13. The molecule has 0 spiro atoms. The summed E-state index contributed by atoms with van der Waals surface area (Å²) in [5.41, 5.74) is 0. The van der Waals surface area contributed by atoms with Crippen molar-refractivity contribution in [2.75, 3.05) is 19.8 Å². The number of fused-ring (bicyclic) bond motifs is 1. The summed E-state index contributed by atoms with van der Waals surface area (Å²) in [5.74, 6) is -0.544. The highest BCUT2D eigenvalue weighted by Gasteiger charge is 2.56. The summed E-state index contributed by atoms with van der Waals surface area (Å²) in [5, 5.41) is 135. The molecule has 2 aliphatic carbocycles. The Balaban J connectivity index is 1.19. The SMILES string of the molecule is OC[C@@H]1O[C@H](OC[C@@H]2O[C@H](OC3CC4C(O[C@H]5O[C@@H](CO)[C@H](O)[C@@H](O)[C@@H]5O)CC(O)CC4[OH+]C3C3CCC(O)CC3)[C@@H](O)[C@H](O)[C@H]2O)[C@@H](O)[C@H](O)[C@H]1O. The highest BCUT2D eigenvalue weighted by molar-refractivity contribution is 4.99. The largest absolute Gasteiger partial charge is 0.427 e. The van der Waals surface area contributed by atoms with E-state index in [4.69, 9.17) is 33.2 Å². The summed E-state index contributed by atoms with van der Waals surface area (Å²) in [6.07, 6.45) is -24.8. The van der Waals surface area contributed by atoms with Crippen molar-refractivity contribution in [1.82, 2.24) is 0 Å². The lowest BCUT2D eigenvalue weighted by atomic mass is 9.73. The van der Waals surface area contributed by atoms with E-state index in [1.165, 1.54) is 0 Å². The van der Waals surface area contributed by atoms with Gasteiger partial charge in [0, 0.05) is 18.8 Å². The summed E-state index contributed by atoms with van der Waals surface area (Å²) in [6, 6.07) is 0. The van der Waals surface area contributed by atoms with E-state index in [1.54, 1.807) is 0 Å². The van der Waals surface area contributed by atoms with Gasteiger partial charge >= 0.3 is 0 Å².